The number of halogens is 2. The Morgan fingerprint density at radius 3 is 2.41 bits per heavy atom. The second-order valence-electron chi connectivity index (χ2n) is 6.41. The van der Waals surface area contributed by atoms with Gasteiger partial charge in [0.05, 0.1) is 22.4 Å². The summed E-state index contributed by atoms with van der Waals surface area (Å²) in [6.07, 6.45) is 2.95. The molecule has 0 aliphatic heterocycles. The largest absolute Gasteiger partial charge is 0.488 e. The van der Waals surface area contributed by atoms with Gasteiger partial charge in [-0.1, -0.05) is 23.2 Å². The molecule has 2 aromatic rings. The summed E-state index contributed by atoms with van der Waals surface area (Å²) in [7, 11) is 0. The molecule has 1 N–H and O–H groups in total. The first-order chi connectivity index (χ1) is 12.7. The second-order valence-corrected chi connectivity index (χ2v) is 7.22. The highest BCUT2D eigenvalue weighted by Crippen LogP contribution is 2.34. The van der Waals surface area contributed by atoms with Crippen LogP contribution in [0.3, 0.4) is 0 Å². The molecule has 2 rings (SSSR count). The molecular formula is C19H21Cl2N3O3. The van der Waals surface area contributed by atoms with Crippen LogP contribution in [0, 0.1) is 0 Å². The summed E-state index contributed by atoms with van der Waals surface area (Å²) in [4.78, 5) is 24.5. The third-order valence-electron chi connectivity index (χ3n) is 3.53. The molecule has 0 fully saturated rings. The second kappa shape index (κ2) is 9.06. The molecule has 0 bridgehead atoms. The fourth-order valence-electron chi connectivity index (χ4n) is 2.32. The number of nitrogens with zero attached hydrogens (tertiary/aromatic N) is 2. The molecule has 0 aliphatic carbocycles. The van der Waals surface area contributed by atoms with Gasteiger partial charge in [-0.2, -0.15) is 5.10 Å². The number of amides is 1. The van der Waals surface area contributed by atoms with Gasteiger partial charge in [-0.05, 0) is 57.5 Å². The lowest BCUT2D eigenvalue weighted by atomic mass is 10.2. The Morgan fingerprint density at radius 1 is 1.22 bits per heavy atom. The van der Waals surface area contributed by atoms with Crippen LogP contribution in [0.4, 0.5) is 0 Å². The monoisotopic (exact) mass is 409 g/mol. The fourth-order valence-corrected chi connectivity index (χ4v) is 2.91. The highest BCUT2D eigenvalue weighted by atomic mass is 35.5. The molecule has 144 valence electrons. The normalized spacial score (nSPS) is 11.4. The van der Waals surface area contributed by atoms with E-state index in [2.05, 4.69) is 10.5 Å². The minimum absolute atomic E-state index is 0.0140. The Balaban J connectivity index is 2.15. The van der Waals surface area contributed by atoms with Crippen molar-refractivity contribution in [3.05, 3.63) is 62.0 Å². The molecule has 0 aliphatic rings. The SMILES string of the molecule is CC(C)Oc1c(Cl)cc(/C=N\NC(=O)c2cccn(C(C)C)c2=O)cc1Cl. The number of rotatable bonds is 6. The number of ether oxygens (including phenoxy) is 1. The Kier molecular flexibility index (Phi) is 7.05. The third-order valence-corrected chi connectivity index (χ3v) is 4.09. The highest BCUT2D eigenvalue weighted by Gasteiger charge is 2.13. The summed E-state index contributed by atoms with van der Waals surface area (Å²) in [5, 5.41) is 4.55. The lowest BCUT2D eigenvalue weighted by Gasteiger charge is -2.13. The van der Waals surface area contributed by atoms with Crippen LogP contribution in [0.25, 0.3) is 0 Å². The molecule has 1 aromatic carbocycles. The molecule has 8 heteroatoms. The zero-order chi connectivity index (χ0) is 20.1. The summed E-state index contributed by atoms with van der Waals surface area (Å²) in [6, 6.07) is 6.29. The van der Waals surface area contributed by atoms with Gasteiger partial charge in [-0.15, -0.1) is 0 Å². The van der Waals surface area contributed by atoms with Crippen molar-refractivity contribution in [1.29, 1.82) is 0 Å². The van der Waals surface area contributed by atoms with Crippen LogP contribution in [0.2, 0.25) is 10.0 Å². The zero-order valence-electron chi connectivity index (χ0n) is 15.5. The standard InChI is InChI=1S/C19H21Cl2N3O3/c1-11(2)24-7-5-6-14(19(24)26)18(25)23-22-10-13-8-15(20)17(16(21)9-13)27-12(3)4/h5-12H,1-4H3,(H,23,25)/b22-10-. The number of carbonyl (C=O) groups is 1. The van der Waals surface area contributed by atoms with E-state index in [4.69, 9.17) is 27.9 Å². The van der Waals surface area contributed by atoms with Crippen LogP contribution in [-0.4, -0.2) is 22.8 Å². The number of benzene rings is 1. The van der Waals surface area contributed by atoms with Gasteiger partial charge in [0.15, 0.2) is 5.75 Å². The van der Waals surface area contributed by atoms with Crippen molar-refractivity contribution in [3.63, 3.8) is 0 Å². The van der Waals surface area contributed by atoms with E-state index in [0.717, 1.165) is 0 Å². The lowest BCUT2D eigenvalue weighted by Crippen LogP contribution is -2.31. The minimum atomic E-state index is -0.594. The van der Waals surface area contributed by atoms with Crippen molar-refractivity contribution in [3.8, 4) is 5.75 Å². The lowest BCUT2D eigenvalue weighted by molar-refractivity contribution is 0.0953. The summed E-state index contributed by atoms with van der Waals surface area (Å²) in [5.41, 5.74) is 2.56. The minimum Gasteiger partial charge on any atom is -0.488 e. The van der Waals surface area contributed by atoms with Gasteiger partial charge in [0.25, 0.3) is 11.5 Å². The summed E-state index contributed by atoms with van der Waals surface area (Å²) < 4.78 is 7.04. The van der Waals surface area contributed by atoms with E-state index in [9.17, 15) is 9.59 Å². The molecule has 0 saturated heterocycles. The number of pyridine rings is 1. The topological polar surface area (TPSA) is 72.7 Å². The van der Waals surface area contributed by atoms with E-state index >= 15 is 0 Å². The van der Waals surface area contributed by atoms with Gasteiger partial charge in [0, 0.05) is 12.2 Å². The van der Waals surface area contributed by atoms with Crippen molar-refractivity contribution in [2.75, 3.05) is 0 Å². The summed E-state index contributed by atoms with van der Waals surface area (Å²) >= 11 is 12.4. The van der Waals surface area contributed by atoms with Crippen molar-refractivity contribution < 1.29 is 9.53 Å². The maximum absolute atomic E-state index is 12.3. The Bertz CT molecular complexity index is 898. The van der Waals surface area contributed by atoms with Crippen molar-refractivity contribution in [2.45, 2.75) is 39.8 Å². The number of nitrogens with one attached hydrogen (secondary N) is 1. The van der Waals surface area contributed by atoms with Gasteiger partial charge < -0.3 is 9.30 Å². The number of hydrogen-bond acceptors (Lipinski definition) is 4. The number of hydrazone groups is 1. The Labute approximate surface area is 167 Å². The number of carbonyl (C=O) groups excluding carboxylic acids is 1. The van der Waals surface area contributed by atoms with Crippen LogP contribution in [-0.2, 0) is 0 Å². The predicted octanol–water partition coefficient (Wildman–Crippen LogP) is 4.29. The van der Waals surface area contributed by atoms with Gasteiger partial charge in [-0.3, -0.25) is 9.59 Å². The molecule has 0 spiro atoms. The summed E-state index contributed by atoms with van der Waals surface area (Å²) in [6.45, 7) is 7.46. The Morgan fingerprint density at radius 2 is 1.85 bits per heavy atom. The fraction of sp³-hybridized carbons (Fsp3) is 0.316. The van der Waals surface area contributed by atoms with E-state index in [1.54, 1.807) is 24.4 Å². The molecule has 1 heterocycles. The van der Waals surface area contributed by atoms with Crippen molar-refractivity contribution in [1.82, 2.24) is 9.99 Å². The van der Waals surface area contributed by atoms with Crippen LogP contribution < -0.4 is 15.7 Å². The summed E-state index contributed by atoms with van der Waals surface area (Å²) in [5.74, 6) is -0.198. The molecule has 27 heavy (non-hydrogen) atoms. The highest BCUT2D eigenvalue weighted by molar-refractivity contribution is 6.37. The first-order valence-electron chi connectivity index (χ1n) is 8.41. The predicted molar refractivity (Wildman–Crippen MR) is 108 cm³/mol. The van der Waals surface area contributed by atoms with Gasteiger partial charge in [0.1, 0.15) is 5.56 Å². The molecule has 1 amide bonds. The average Bonchev–Trinajstić information content (AvgIpc) is 2.57. The van der Waals surface area contributed by atoms with E-state index in [1.165, 1.54) is 16.8 Å². The first-order valence-corrected chi connectivity index (χ1v) is 9.16. The van der Waals surface area contributed by atoms with Crippen LogP contribution in [0.1, 0.15) is 49.7 Å². The average molecular weight is 410 g/mol. The third kappa shape index (κ3) is 5.34. The van der Waals surface area contributed by atoms with E-state index < -0.39 is 5.91 Å². The van der Waals surface area contributed by atoms with Crippen LogP contribution in [0.15, 0.2) is 40.4 Å². The maximum atomic E-state index is 12.3. The van der Waals surface area contributed by atoms with Gasteiger partial charge in [0.2, 0.25) is 0 Å². The molecular weight excluding hydrogens is 389 g/mol. The quantitative estimate of drug-likeness (QED) is 0.571. The molecule has 0 saturated carbocycles. The number of hydrogen-bond donors (Lipinski definition) is 1. The molecule has 6 nitrogen and oxygen atoms in total. The van der Waals surface area contributed by atoms with E-state index in [1.807, 2.05) is 27.7 Å². The van der Waals surface area contributed by atoms with Crippen molar-refractivity contribution in [2.24, 2.45) is 5.10 Å². The Hall–Kier alpha value is -2.31. The zero-order valence-corrected chi connectivity index (χ0v) is 17.0. The van der Waals surface area contributed by atoms with Crippen LogP contribution >= 0.6 is 23.2 Å². The van der Waals surface area contributed by atoms with E-state index in [0.29, 0.717) is 21.4 Å². The van der Waals surface area contributed by atoms with Crippen molar-refractivity contribution >= 4 is 35.3 Å². The number of aromatic nitrogens is 1. The smallest absolute Gasteiger partial charge is 0.276 e. The molecule has 0 radical (unpaired) electrons. The molecule has 0 unspecified atom stereocenters. The molecule has 1 aromatic heterocycles. The van der Waals surface area contributed by atoms with Gasteiger partial charge >= 0.3 is 0 Å². The maximum Gasteiger partial charge on any atom is 0.276 e. The first kappa shape index (κ1) is 21.0. The molecule has 0 atom stereocenters. The van der Waals surface area contributed by atoms with Gasteiger partial charge in [-0.25, -0.2) is 5.43 Å². The van der Waals surface area contributed by atoms with E-state index in [-0.39, 0.29) is 23.3 Å². The van der Waals surface area contributed by atoms with Crippen LogP contribution in [0.5, 0.6) is 5.75 Å².